The summed E-state index contributed by atoms with van der Waals surface area (Å²) in [5, 5.41) is 0. The molecule has 1 heterocycles. The Morgan fingerprint density at radius 3 is 2.53 bits per heavy atom. The van der Waals surface area contributed by atoms with E-state index in [9.17, 15) is 0 Å². The minimum atomic E-state index is -0.0438. The van der Waals surface area contributed by atoms with E-state index in [1.54, 1.807) is 0 Å². The van der Waals surface area contributed by atoms with Gasteiger partial charge in [-0.3, -0.25) is 4.90 Å². The molecular formula is C14H30N2O. The van der Waals surface area contributed by atoms with Crippen LogP contribution in [0.4, 0.5) is 0 Å². The van der Waals surface area contributed by atoms with Crippen molar-refractivity contribution in [3.05, 3.63) is 0 Å². The molecule has 1 saturated heterocycles. The molecule has 0 bridgehead atoms. The van der Waals surface area contributed by atoms with E-state index in [4.69, 9.17) is 10.5 Å². The molecule has 1 rings (SSSR count). The summed E-state index contributed by atoms with van der Waals surface area (Å²) in [6.45, 7) is 10.5. The number of nitrogens with two attached hydrogens (primary N) is 1. The molecule has 0 aromatic heterocycles. The summed E-state index contributed by atoms with van der Waals surface area (Å²) in [5.74, 6) is 0. The molecule has 2 N–H and O–H groups in total. The summed E-state index contributed by atoms with van der Waals surface area (Å²) >= 11 is 0. The Kier molecular flexibility index (Phi) is 4.99. The number of rotatable bonds is 5. The van der Waals surface area contributed by atoms with Gasteiger partial charge in [-0.1, -0.05) is 13.3 Å². The third kappa shape index (κ3) is 3.43. The first kappa shape index (κ1) is 14.9. The van der Waals surface area contributed by atoms with Crippen LogP contribution < -0.4 is 5.73 Å². The van der Waals surface area contributed by atoms with Gasteiger partial charge in [-0.15, -0.1) is 0 Å². The van der Waals surface area contributed by atoms with Gasteiger partial charge >= 0.3 is 0 Å². The van der Waals surface area contributed by atoms with Crippen LogP contribution in [0.15, 0.2) is 0 Å². The maximum atomic E-state index is 6.10. The third-order valence-corrected chi connectivity index (χ3v) is 4.31. The number of nitrogens with zero attached hydrogens (tertiary/aromatic N) is 1. The molecule has 0 aromatic carbocycles. The summed E-state index contributed by atoms with van der Waals surface area (Å²) in [4.78, 5) is 2.50. The molecule has 0 radical (unpaired) electrons. The molecule has 0 aliphatic carbocycles. The van der Waals surface area contributed by atoms with Crippen molar-refractivity contribution in [2.45, 2.75) is 70.6 Å². The molecule has 3 nitrogen and oxygen atoms in total. The molecule has 2 unspecified atom stereocenters. The van der Waals surface area contributed by atoms with Crippen LogP contribution in [0, 0.1) is 0 Å². The minimum Gasteiger partial charge on any atom is -0.375 e. The van der Waals surface area contributed by atoms with Crippen molar-refractivity contribution >= 4 is 0 Å². The first-order chi connectivity index (χ1) is 7.87. The van der Waals surface area contributed by atoms with E-state index in [1.165, 1.54) is 12.8 Å². The van der Waals surface area contributed by atoms with E-state index in [1.807, 2.05) is 0 Å². The maximum Gasteiger partial charge on any atom is 0.0644 e. The number of hydrogen-bond acceptors (Lipinski definition) is 3. The topological polar surface area (TPSA) is 38.5 Å². The van der Waals surface area contributed by atoms with Crippen molar-refractivity contribution in [2.75, 3.05) is 20.2 Å². The molecule has 102 valence electrons. The molecule has 3 heteroatoms. The lowest BCUT2D eigenvalue weighted by Gasteiger charge is -2.51. The van der Waals surface area contributed by atoms with Crippen molar-refractivity contribution in [2.24, 2.45) is 5.73 Å². The Balaban J connectivity index is 2.80. The first-order valence-electron chi connectivity index (χ1n) is 6.94. The van der Waals surface area contributed by atoms with Gasteiger partial charge in [0.2, 0.25) is 0 Å². The number of likely N-dealkylation sites (N-methyl/N-ethyl adjacent to an activating group) is 1. The second-order valence-corrected chi connectivity index (χ2v) is 6.21. The fourth-order valence-corrected chi connectivity index (χ4v) is 3.15. The van der Waals surface area contributed by atoms with Crippen LogP contribution in [0.25, 0.3) is 0 Å². The summed E-state index contributed by atoms with van der Waals surface area (Å²) in [5.41, 5.74) is 6.17. The molecule has 0 amide bonds. The fourth-order valence-electron chi connectivity index (χ4n) is 3.15. The number of hydrogen-bond donors (Lipinski definition) is 1. The second kappa shape index (κ2) is 5.68. The third-order valence-electron chi connectivity index (χ3n) is 4.31. The van der Waals surface area contributed by atoms with Crippen molar-refractivity contribution in [3.63, 3.8) is 0 Å². The lowest BCUT2D eigenvalue weighted by Crippen LogP contribution is -2.61. The molecule has 1 fully saturated rings. The van der Waals surface area contributed by atoms with Crippen molar-refractivity contribution in [1.82, 2.24) is 4.90 Å². The Hall–Kier alpha value is -0.120. The molecule has 0 saturated carbocycles. The Labute approximate surface area is 107 Å². The highest BCUT2D eigenvalue weighted by Crippen LogP contribution is 2.36. The average molecular weight is 242 g/mol. The highest BCUT2D eigenvalue weighted by atomic mass is 16.5. The Bertz CT molecular complexity index is 242. The molecule has 0 spiro atoms. The number of ether oxygens (including phenoxy) is 1. The van der Waals surface area contributed by atoms with E-state index < -0.39 is 0 Å². The van der Waals surface area contributed by atoms with E-state index in [2.05, 4.69) is 39.6 Å². The summed E-state index contributed by atoms with van der Waals surface area (Å²) in [6, 6.07) is 0.595. The monoisotopic (exact) mass is 242 g/mol. The smallest absolute Gasteiger partial charge is 0.0644 e. The predicted octanol–water partition coefficient (Wildman–Crippen LogP) is 2.39. The van der Waals surface area contributed by atoms with Crippen molar-refractivity contribution < 1.29 is 4.74 Å². The zero-order chi connectivity index (χ0) is 13.1. The average Bonchev–Trinajstić information content (AvgIpc) is 2.26. The SMILES string of the molecule is CCCC(C)N(C)C1(CN)CCOC(C)(C)C1. The zero-order valence-corrected chi connectivity index (χ0v) is 12.3. The van der Waals surface area contributed by atoms with Crippen LogP contribution in [0.2, 0.25) is 0 Å². The molecule has 1 aliphatic heterocycles. The highest BCUT2D eigenvalue weighted by Gasteiger charge is 2.43. The maximum absolute atomic E-state index is 6.10. The van der Waals surface area contributed by atoms with E-state index in [-0.39, 0.29) is 11.1 Å². The van der Waals surface area contributed by atoms with Gasteiger partial charge in [0.05, 0.1) is 5.60 Å². The van der Waals surface area contributed by atoms with E-state index in [0.717, 1.165) is 26.0 Å². The van der Waals surface area contributed by atoms with Crippen molar-refractivity contribution in [1.29, 1.82) is 0 Å². The highest BCUT2D eigenvalue weighted by molar-refractivity contribution is 4.99. The van der Waals surface area contributed by atoms with Gasteiger partial charge in [-0.05, 0) is 47.1 Å². The van der Waals surface area contributed by atoms with Crippen LogP contribution in [0.1, 0.15) is 53.4 Å². The van der Waals surface area contributed by atoms with Gasteiger partial charge < -0.3 is 10.5 Å². The fraction of sp³-hybridized carbons (Fsp3) is 1.00. The quantitative estimate of drug-likeness (QED) is 0.804. The van der Waals surface area contributed by atoms with Crippen molar-refractivity contribution in [3.8, 4) is 0 Å². The van der Waals surface area contributed by atoms with Crippen LogP contribution in [-0.2, 0) is 4.74 Å². The molecule has 1 aliphatic rings. The van der Waals surface area contributed by atoms with Crippen LogP contribution in [0.5, 0.6) is 0 Å². The lowest BCUT2D eigenvalue weighted by atomic mass is 9.79. The lowest BCUT2D eigenvalue weighted by molar-refractivity contribution is -0.120. The molecule has 2 atom stereocenters. The molecule has 17 heavy (non-hydrogen) atoms. The van der Waals surface area contributed by atoms with E-state index >= 15 is 0 Å². The van der Waals surface area contributed by atoms with Gasteiger partial charge in [0.25, 0.3) is 0 Å². The zero-order valence-electron chi connectivity index (χ0n) is 12.3. The molecular weight excluding hydrogens is 212 g/mol. The largest absolute Gasteiger partial charge is 0.375 e. The summed E-state index contributed by atoms with van der Waals surface area (Å²) in [6.07, 6.45) is 4.55. The van der Waals surface area contributed by atoms with Crippen LogP contribution in [-0.4, -0.2) is 42.3 Å². The Morgan fingerprint density at radius 1 is 1.41 bits per heavy atom. The normalized spacial score (nSPS) is 30.5. The van der Waals surface area contributed by atoms with Gasteiger partial charge in [-0.25, -0.2) is 0 Å². The van der Waals surface area contributed by atoms with Crippen LogP contribution in [0.3, 0.4) is 0 Å². The molecule has 0 aromatic rings. The van der Waals surface area contributed by atoms with E-state index in [0.29, 0.717) is 6.04 Å². The van der Waals surface area contributed by atoms with Gasteiger partial charge in [0.1, 0.15) is 0 Å². The predicted molar refractivity (Wildman–Crippen MR) is 73.2 cm³/mol. The van der Waals surface area contributed by atoms with Gasteiger partial charge in [-0.2, -0.15) is 0 Å². The summed E-state index contributed by atoms with van der Waals surface area (Å²) in [7, 11) is 2.23. The summed E-state index contributed by atoms with van der Waals surface area (Å²) < 4.78 is 5.83. The standard InChI is InChI=1S/C14H30N2O/c1-6-7-12(2)16(5)14(11-15)8-9-17-13(3,4)10-14/h12H,6-11,15H2,1-5H3. The van der Waals surface area contributed by atoms with Gasteiger partial charge in [0, 0.05) is 24.7 Å². The Morgan fingerprint density at radius 2 is 2.06 bits per heavy atom. The minimum absolute atomic E-state index is 0.0438. The van der Waals surface area contributed by atoms with Crippen LogP contribution >= 0.6 is 0 Å². The second-order valence-electron chi connectivity index (χ2n) is 6.21. The first-order valence-corrected chi connectivity index (χ1v) is 6.94. The van der Waals surface area contributed by atoms with Gasteiger partial charge in [0.15, 0.2) is 0 Å².